The van der Waals surface area contributed by atoms with Crippen LogP contribution in [0.5, 0.6) is 0 Å². The van der Waals surface area contributed by atoms with E-state index in [9.17, 15) is 14.4 Å². The van der Waals surface area contributed by atoms with E-state index in [1.807, 2.05) is 6.92 Å². The van der Waals surface area contributed by atoms with Crippen molar-refractivity contribution in [1.29, 1.82) is 0 Å². The maximum Gasteiger partial charge on any atom is 0.321 e. The summed E-state index contributed by atoms with van der Waals surface area (Å²) < 4.78 is 1.55. The number of benzene rings is 1. The first kappa shape index (κ1) is 20.3. The van der Waals surface area contributed by atoms with Crippen molar-refractivity contribution in [2.75, 3.05) is 6.54 Å². The Morgan fingerprint density at radius 3 is 2.73 bits per heavy atom. The Morgan fingerprint density at radius 1 is 1.35 bits per heavy atom. The van der Waals surface area contributed by atoms with E-state index in [4.69, 9.17) is 11.6 Å². The Kier molecular flexibility index (Phi) is 7.05. The highest BCUT2D eigenvalue weighted by atomic mass is 35.5. The Bertz CT molecular complexity index is 884. The molecule has 3 amide bonds. The highest BCUT2D eigenvalue weighted by Gasteiger charge is 2.20. The van der Waals surface area contributed by atoms with E-state index >= 15 is 0 Å². The Hall–Kier alpha value is -2.06. The van der Waals surface area contributed by atoms with Gasteiger partial charge in [-0.2, -0.15) is 0 Å². The van der Waals surface area contributed by atoms with E-state index < -0.39 is 17.2 Å². The summed E-state index contributed by atoms with van der Waals surface area (Å²) in [6.45, 7) is 6.28. The fourth-order valence-corrected chi connectivity index (χ4v) is 3.42. The van der Waals surface area contributed by atoms with Crippen molar-refractivity contribution in [2.24, 2.45) is 0 Å². The highest BCUT2D eigenvalue weighted by molar-refractivity contribution is 8.00. The van der Waals surface area contributed by atoms with E-state index in [2.05, 4.69) is 15.6 Å². The van der Waals surface area contributed by atoms with Crippen LogP contribution in [0.4, 0.5) is 4.79 Å². The van der Waals surface area contributed by atoms with Crippen molar-refractivity contribution in [3.63, 3.8) is 0 Å². The van der Waals surface area contributed by atoms with Gasteiger partial charge in [0.1, 0.15) is 0 Å². The molecule has 2 rings (SSSR count). The number of carbonyl (C=O) groups excluding carboxylic acids is 2. The van der Waals surface area contributed by atoms with Crippen LogP contribution in [0.15, 0.2) is 28.2 Å². The van der Waals surface area contributed by atoms with Gasteiger partial charge in [0.2, 0.25) is 5.91 Å². The summed E-state index contributed by atoms with van der Waals surface area (Å²) in [4.78, 5) is 41.0. The molecule has 0 aliphatic rings. The molecule has 0 aliphatic carbocycles. The van der Waals surface area contributed by atoms with Gasteiger partial charge < -0.3 is 5.32 Å². The molecule has 0 bridgehead atoms. The standard InChI is InChI=1S/C17H21ClN4O3S/c1-4-8-22-15(24)12-7-6-11(18)9-13(12)20-17(22)26-10(3)14(23)21-16(25)19-5-2/h6-7,9-10H,4-5,8H2,1-3H3,(H2,19,21,23,25). The number of halogens is 1. The summed E-state index contributed by atoms with van der Waals surface area (Å²) in [6.07, 6.45) is 0.744. The maximum atomic E-state index is 12.8. The number of aromatic nitrogens is 2. The number of carbonyl (C=O) groups is 2. The van der Waals surface area contributed by atoms with E-state index in [1.54, 1.807) is 36.6 Å². The summed E-state index contributed by atoms with van der Waals surface area (Å²) in [5.41, 5.74) is 0.307. The summed E-state index contributed by atoms with van der Waals surface area (Å²) in [5, 5.41) is 5.54. The molecule has 0 spiro atoms. The average molecular weight is 397 g/mol. The lowest BCUT2D eigenvalue weighted by atomic mass is 10.2. The topological polar surface area (TPSA) is 93.1 Å². The van der Waals surface area contributed by atoms with Crippen LogP contribution in [0.2, 0.25) is 5.02 Å². The van der Waals surface area contributed by atoms with Crippen molar-refractivity contribution in [1.82, 2.24) is 20.2 Å². The van der Waals surface area contributed by atoms with Gasteiger partial charge in [-0.05, 0) is 38.5 Å². The van der Waals surface area contributed by atoms with Gasteiger partial charge in [0, 0.05) is 18.1 Å². The predicted octanol–water partition coefficient (Wildman–Crippen LogP) is 2.79. The second-order valence-electron chi connectivity index (χ2n) is 5.62. The Balaban J connectivity index is 2.35. The zero-order chi connectivity index (χ0) is 19.3. The first-order valence-corrected chi connectivity index (χ1v) is 9.58. The number of hydrogen-bond donors (Lipinski definition) is 2. The van der Waals surface area contributed by atoms with Crippen molar-refractivity contribution in [3.05, 3.63) is 33.6 Å². The summed E-state index contributed by atoms with van der Waals surface area (Å²) in [6, 6.07) is 4.38. The number of hydrogen-bond acceptors (Lipinski definition) is 5. The van der Waals surface area contributed by atoms with Crippen molar-refractivity contribution in [2.45, 2.75) is 44.1 Å². The van der Waals surface area contributed by atoms with Gasteiger partial charge in [0.25, 0.3) is 5.56 Å². The molecule has 9 heteroatoms. The molecule has 0 aliphatic heterocycles. The van der Waals surface area contributed by atoms with Crippen molar-refractivity contribution >= 4 is 46.2 Å². The van der Waals surface area contributed by atoms with Gasteiger partial charge >= 0.3 is 6.03 Å². The predicted molar refractivity (Wildman–Crippen MR) is 104 cm³/mol. The minimum atomic E-state index is -0.607. The van der Waals surface area contributed by atoms with Crippen LogP contribution in [0.3, 0.4) is 0 Å². The van der Waals surface area contributed by atoms with Gasteiger partial charge in [0.05, 0.1) is 16.2 Å². The largest absolute Gasteiger partial charge is 0.338 e. The van der Waals surface area contributed by atoms with Crippen molar-refractivity contribution < 1.29 is 9.59 Å². The van der Waals surface area contributed by atoms with Crippen LogP contribution in [0.25, 0.3) is 10.9 Å². The molecule has 1 atom stereocenters. The number of fused-ring (bicyclic) bond motifs is 1. The molecule has 1 aromatic carbocycles. The number of rotatable bonds is 6. The zero-order valence-corrected chi connectivity index (χ0v) is 16.4. The highest BCUT2D eigenvalue weighted by Crippen LogP contribution is 2.24. The Morgan fingerprint density at radius 2 is 2.08 bits per heavy atom. The monoisotopic (exact) mass is 396 g/mol. The molecule has 26 heavy (non-hydrogen) atoms. The molecule has 0 radical (unpaired) electrons. The quantitative estimate of drug-likeness (QED) is 0.578. The summed E-state index contributed by atoms with van der Waals surface area (Å²) in [5.74, 6) is -0.454. The second kappa shape index (κ2) is 9.05. The fraction of sp³-hybridized carbons (Fsp3) is 0.412. The van der Waals surface area contributed by atoms with Gasteiger partial charge in [-0.25, -0.2) is 9.78 Å². The fourth-order valence-electron chi connectivity index (χ4n) is 2.31. The van der Waals surface area contributed by atoms with Crippen LogP contribution in [0, 0.1) is 0 Å². The van der Waals surface area contributed by atoms with Gasteiger partial charge in [-0.3, -0.25) is 19.5 Å². The van der Waals surface area contributed by atoms with Crippen LogP contribution in [0.1, 0.15) is 27.2 Å². The average Bonchev–Trinajstić information content (AvgIpc) is 2.58. The number of thioether (sulfide) groups is 1. The number of urea groups is 1. The molecule has 0 saturated heterocycles. The minimum Gasteiger partial charge on any atom is -0.338 e. The van der Waals surface area contributed by atoms with Crippen LogP contribution in [-0.4, -0.2) is 33.3 Å². The SMILES string of the molecule is CCCn1c(SC(C)C(=O)NC(=O)NCC)nc2cc(Cl)ccc2c1=O. The molecule has 1 aromatic heterocycles. The van der Waals surface area contributed by atoms with E-state index in [0.717, 1.165) is 18.2 Å². The number of amides is 3. The third-order valence-corrected chi connectivity index (χ3v) is 4.88. The molecule has 7 nitrogen and oxygen atoms in total. The molecule has 2 aromatic rings. The van der Waals surface area contributed by atoms with Crippen LogP contribution < -0.4 is 16.2 Å². The van der Waals surface area contributed by atoms with Gasteiger partial charge in [-0.1, -0.05) is 30.3 Å². The molecule has 140 valence electrons. The molecule has 1 unspecified atom stereocenters. The maximum absolute atomic E-state index is 12.8. The van der Waals surface area contributed by atoms with Crippen LogP contribution >= 0.6 is 23.4 Å². The first-order chi connectivity index (χ1) is 12.4. The Labute approximate surface area is 160 Å². The zero-order valence-electron chi connectivity index (χ0n) is 14.8. The lowest BCUT2D eigenvalue weighted by Gasteiger charge is -2.15. The van der Waals surface area contributed by atoms with E-state index in [1.165, 1.54) is 0 Å². The van der Waals surface area contributed by atoms with Gasteiger partial charge in [0.15, 0.2) is 5.16 Å². The van der Waals surface area contributed by atoms with Gasteiger partial charge in [-0.15, -0.1) is 0 Å². The number of imide groups is 1. The molecular weight excluding hydrogens is 376 g/mol. The van der Waals surface area contributed by atoms with E-state index in [-0.39, 0.29) is 5.56 Å². The lowest BCUT2D eigenvalue weighted by molar-refractivity contribution is -0.119. The molecule has 0 fully saturated rings. The van der Waals surface area contributed by atoms with Crippen molar-refractivity contribution in [3.8, 4) is 0 Å². The second-order valence-corrected chi connectivity index (χ2v) is 7.37. The summed E-state index contributed by atoms with van der Waals surface area (Å²) >= 11 is 7.13. The molecule has 0 saturated carbocycles. The first-order valence-electron chi connectivity index (χ1n) is 8.32. The smallest absolute Gasteiger partial charge is 0.321 e. The molecule has 2 N–H and O–H groups in total. The molecular formula is C17H21ClN4O3S. The number of nitrogens with zero attached hydrogens (tertiary/aromatic N) is 2. The third-order valence-electron chi connectivity index (χ3n) is 3.56. The number of nitrogens with one attached hydrogen (secondary N) is 2. The lowest BCUT2D eigenvalue weighted by Crippen LogP contribution is -2.42. The van der Waals surface area contributed by atoms with Crippen LogP contribution in [-0.2, 0) is 11.3 Å². The van der Waals surface area contributed by atoms with E-state index in [0.29, 0.717) is 34.2 Å². The normalized spacial score (nSPS) is 12.0. The third kappa shape index (κ3) is 4.76. The summed E-state index contributed by atoms with van der Waals surface area (Å²) in [7, 11) is 0. The minimum absolute atomic E-state index is 0.174. The molecule has 1 heterocycles.